The molecule has 1 heterocycles. The number of hydrogen-bond donors (Lipinski definition) is 3. The van der Waals surface area contributed by atoms with E-state index in [1.807, 2.05) is 5.32 Å². The van der Waals surface area contributed by atoms with Gasteiger partial charge in [0.15, 0.2) is 11.5 Å². The van der Waals surface area contributed by atoms with Crippen molar-refractivity contribution >= 4 is 29.2 Å². The minimum absolute atomic E-state index is 0.137. The molecule has 1 aliphatic rings. The number of primary amides is 1. The van der Waals surface area contributed by atoms with E-state index in [-0.39, 0.29) is 6.54 Å². The molecule has 0 radical (unpaired) electrons. The highest BCUT2D eigenvalue weighted by Gasteiger charge is 2.15. The number of amides is 3. The number of anilines is 1. The molecule has 1 aromatic rings. The molecular formula is C11H12ClN3O4. The Morgan fingerprint density at radius 1 is 1.26 bits per heavy atom. The number of nitrogens with one attached hydrogen (secondary N) is 2. The number of benzene rings is 1. The first-order chi connectivity index (χ1) is 9.06. The molecule has 8 heteroatoms. The van der Waals surface area contributed by atoms with E-state index < -0.39 is 11.9 Å². The number of fused-ring (bicyclic) bond motifs is 1. The Kier molecular flexibility index (Phi) is 3.96. The van der Waals surface area contributed by atoms with E-state index in [4.69, 9.17) is 26.8 Å². The number of hydrogen-bond acceptors (Lipinski definition) is 5. The molecule has 0 saturated carbocycles. The normalized spacial score (nSPS) is 12.7. The molecule has 0 fully saturated rings. The van der Waals surface area contributed by atoms with Gasteiger partial charge in [-0.2, -0.15) is 0 Å². The zero-order valence-corrected chi connectivity index (χ0v) is 10.6. The summed E-state index contributed by atoms with van der Waals surface area (Å²) in [4.78, 5) is 21.7. The van der Waals surface area contributed by atoms with Crippen molar-refractivity contribution in [1.29, 1.82) is 0 Å². The van der Waals surface area contributed by atoms with E-state index in [1.54, 1.807) is 12.1 Å². The third-order valence-corrected chi connectivity index (χ3v) is 2.65. The lowest BCUT2D eigenvalue weighted by molar-refractivity contribution is -0.118. The summed E-state index contributed by atoms with van der Waals surface area (Å²) >= 11 is 6.03. The van der Waals surface area contributed by atoms with Gasteiger partial charge in [-0.15, -0.1) is 0 Å². The Bertz CT molecular complexity index is 521. The highest BCUT2D eigenvalue weighted by atomic mass is 35.5. The summed E-state index contributed by atoms with van der Waals surface area (Å²) in [6, 6.07) is 2.33. The fourth-order valence-electron chi connectivity index (χ4n) is 1.56. The number of rotatable bonds is 3. The number of nitrogens with two attached hydrogens (primary N) is 1. The first kappa shape index (κ1) is 13.3. The second-order valence-corrected chi connectivity index (χ2v) is 4.15. The largest absolute Gasteiger partial charge is 0.486 e. The van der Waals surface area contributed by atoms with Gasteiger partial charge in [-0.05, 0) is 0 Å². The Morgan fingerprint density at radius 2 is 1.89 bits per heavy atom. The third kappa shape index (κ3) is 3.41. The van der Waals surface area contributed by atoms with Crippen molar-refractivity contribution in [2.45, 2.75) is 0 Å². The van der Waals surface area contributed by atoms with Crippen molar-refractivity contribution in [1.82, 2.24) is 5.32 Å². The van der Waals surface area contributed by atoms with Crippen molar-refractivity contribution in [3.8, 4) is 11.5 Å². The van der Waals surface area contributed by atoms with Gasteiger partial charge >= 0.3 is 6.03 Å². The van der Waals surface area contributed by atoms with Crippen molar-refractivity contribution in [2.75, 3.05) is 25.1 Å². The number of ether oxygens (including phenoxy) is 2. The van der Waals surface area contributed by atoms with Crippen LogP contribution in [0.3, 0.4) is 0 Å². The summed E-state index contributed by atoms with van der Waals surface area (Å²) in [5.41, 5.74) is 5.33. The zero-order chi connectivity index (χ0) is 13.8. The Hall–Kier alpha value is -2.15. The van der Waals surface area contributed by atoms with Crippen LogP contribution in [0, 0.1) is 0 Å². The maximum absolute atomic E-state index is 11.3. The van der Waals surface area contributed by atoms with Crippen LogP contribution in [0.25, 0.3) is 0 Å². The van der Waals surface area contributed by atoms with Gasteiger partial charge in [0.1, 0.15) is 13.2 Å². The first-order valence-corrected chi connectivity index (χ1v) is 5.86. The molecule has 1 aromatic carbocycles. The van der Waals surface area contributed by atoms with Gasteiger partial charge in [0.05, 0.1) is 17.3 Å². The number of imide groups is 1. The molecule has 2 rings (SSSR count). The molecular weight excluding hydrogens is 274 g/mol. The van der Waals surface area contributed by atoms with Crippen LogP contribution >= 0.6 is 11.6 Å². The summed E-state index contributed by atoms with van der Waals surface area (Å²) in [5, 5.41) is 5.10. The van der Waals surface area contributed by atoms with Crippen molar-refractivity contribution in [3.05, 3.63) is 17.2 Å². The van der Waals surface area contributed by atoms with Gasteiger partial charge in [0, 0.05) is 12.1 Å². The highest BCUT2D eigenvalue weighted by Crippen LogP contribution is 2.37. The minimum atomic E-state index is -0.903. The molecule has 3 amide bonds. The predicted octanol–water partition coefficient (Wildman–Crippen LogP) is 0.718. The SMILES string of the molecule is NC(=O)NC(=O)CNc1cc2c(cc1Cl)OCCO2. The fraction of sp³-hybridized carbons (Fsp3) is 0.273. The van der Waals surface area contributed by atoms with Crippen molar-refractivity contribution < 1.29 is 19.1 Å². The van der Waals surface area contributed by atoms with Crippen LogP contribution in [0.5, 0.6) is 11.5 Å². The Labute approximate surface area is 114 Å². The summed E-state index contributed by atoms with van der Waals surface area (Å²) in [7, 11) is 0. The van der Waals surface area contributed by atoms with E-state index in [2.05, 4.69) is 5.32 Å². The maximum atomic E-state index is 11.3. The molecule has 102 valence electrons. The quantitative estimate of drug-likeness (QED) is 0.759. The molecule has 4 N–H and O–H groups in total. The zero-order valence-electron chi connectivity index (χ0n) is 9.86. The molecule has 0 atom stereocenters. The Morgan fingerprint density at radius 3 is 2.53 bits per heavy atom. The lowest BCUT2D eigenvalue weighted by Gasteiger charge is -2.20. The van der Waals surface area contributed by atoms with Crippen LogP contribution in [-0.2, 0) is 4.79 Å². The van der Waals surface area contributed by atoms with E-state index >= 15 is 0 Å². The minimum Gasteiger partial charge on any atom is -0.486 e. The number of urea groups is 1. The van der Waals surface area contributed by atoms with Crippen LogP contribution in [0.4, 0.5) is 10.5 Å². The van der Waals surface area contributed by atoms with E-state index in [0.717, 1.165) is 0 Å². The highest BCUT2D eigenvalue weighted by molar-refractivity contribution is 6.33. The molecule has 7 nitrogen and oxygen atoms in total. The van der Waals surface area contributed by atoms with Crippen LogP contribution in [0.15, 0.2) is 12.1 Å². The molecule has 0 saturated heterocycles. The van der Waals surface area contributed by atoms with Crippen LogP contribution in [0.1, 0.15) is 0 Å². The second-order valence-electron chi connectivity index (χ2n) is 3.74. The van der Waals surface area contributed by atoms with Gasteiger partial charge in [-0.25, -0.2) is 4.79 Å². The standard InChI is InChI=1S/C11H12ClN3O4/c12-6-3-8-9(19-2-1-18-8)4-7(6)14-5-10(16)15-11(13)17/h3-4,14H,1-2,5H2,(H3,13,15,16,17). The van der Waals surface area contributed by atoms with Crippen LogP contribution in [-0.4, -0.2) is 31.7 Å². The molecule has 1 aliphatic heterocycles. The lowest BCUT2D eigenvalue weighted by atomic mass is 10.2. The van der Waals surface area contributed by atoms with Gasteiger partial charge < -0.3 is 20.5 Å². The third-order valence-electron chi connectivity index (χ3n) is 2.33. The van der Waals surface area contributed by atoms with Crippen LogP contribution < -0.4 is 25.8 Å². The van der Waals surface area contributed by atoms with Crippen molar-refractivity contribution in [2.24, 2.45) is 5.73 Å². The topological polar surface area (TPSA) is 103 Å². The summed E-state index contributed by atoms with van der Waals surface area (Å²) in [6.07, 6.45) is 0. The molecule has 0 aromatic heterocycles. The van der Waals surface area contributed by atoms with Gasteiger partial charge in [0.2, 0.25) is 5.91 Å². The smallest absolute Gasteiger partial charge is 0.318 e. The van der Waals surface area contributed by atoms with E-state index in [9.17, 15) is 9.59 Å². The monoisotopic (exact) mass is 285 g/mol. The fourth-order valence-corrected chi connectivity index (χ4v) is 1.78. The molecule has 0 unspecified atom stereocenters. The number of carbonyl (C=O) groups excluding carboxylic acids is 2. The van der Waals surface area contributed by atoms with Crippen LogP contribution in [0.2, 0.25) is 5.02 Å². The maximum Gasteiger partial charge on any atom is 0.318 e. The van der Waals surface area contributed by atoms with Gasteiger partial charge in [-0.3, -0.25) is 10.1 Å². The molecule has 0 spiro atoms. The second kappa shape index (κ2) is 5.66. The van der Waals surface area contributed by atoms with Crippen molar-refractivity contribution in [3.63, 3.8) is 0 Å². The summed E-state index contributed by atoms with van der Waals surface area (Å²) < 4.78 is 10.8. The van der Waals surface area contributed by atoms with E-state index in [0.29, 0.717) is 35.4 Å². The Balaban J connectivity index is 2.04. The number of carbonyl (C=O) groups is 2. The molecule has 19 heavy (non-hydrogen) atoms. The van der Waals surface area contributed by atoms with Gasteiger partial charge in [0.25, 0.3) is 0 Å². The lowest BCUT2D eigenvalue weighted by Crippen LogP contribution is -2.38. The van der Waals surface area contributed by atoms with Gasteiger partial charge in [-0.1, -0.05) is 11.6 Å². The predicted molar refractivity (Wildman–Crippen MR) is 68.7 cm³/mol. The summed E-state index contributed by atoms with van der Waals surface area (Å²) in [6.45, 7) is 0.787. The number of halogens is 1. The average molecular weight is 286 g/mol. The summed E-state index contributed by atoms with van der Waals surface area (Å²) in [5.74, 6) is 0.551. The van der Waals surface area contributed by atoms with E-state index in [1.165, 1.54) is 0 Å². The molecule has 0 bridgehead atoms. The molecule has 0 aliphatic carbocycles. The average Bonchev–Trinajstić information content (AvgIpc) is 2.35. The first-order valence-electron chi connectivity index (χ1n) is 5.48.